The molecule has 2 atom stereocenters. The highest BCUT2D eigenvalue weighted by Crippen LogP contribution is 2.26. The number of amides is 3. The summed E-state index contributed by atoms with van der Waals surface area (Å²) in [5, 5.41) is 2.97. The highest BCUT2D eigenvalue weighted by atomic mass is 35.5. The smallest absolute Gasteiger partial charge is 0.261 e. The van der Waals surface area contributed by atoms with Crippen molar-refractivity contribution in [2.75, 3.05) is 40.8 Å². The van der Waals surface area contributed by atoms with Crippen molar-refractivity contribution in [3.8, 4) is 0 Å². The van der Waals surface area contributed by atoms with Crippen LogP contribution < -0.4 is 5.32 Å². The van der Waals surface area contributed by atoms with E-state index < -0.39 is 6.04 Å². The maximum Gasteiger partial charge on any atom is 0.261 e. The minimum Gasteiger partial charge on any atom is -0.347 e. The number of carbonyl (C=O) groups is 3. The van der Waals surface area contributed by atoms with E-state index in [0.29, 0.717) is 21.2 Å². The lowest BCUT2D eigenvalue weighted by atomic mass is 9.99. The molecule has 1 aromatic heterocycles. The van der Waals surface area contributed by atoms with Crippen LogP contribution in [0.2, 0.25) is 4.34 Å². The Balaban J connectivity index is 1.54. The number of rotatable bonds is 4. The molecule has 2 aliphatic heterocycles. The number of halogens is 1. The van der Waals surface area contributed by atoms with Crippen molar-refractivity contribution in [1.82, 2.24) is 20.0 Å². The number of benzene rings is 1. The van der Waals surface area contributed by atoms with Crippen LogP contribution in [0.3, 0.4) is 0 Å². The van der Waals surface area contributed by atoms with Gasteiger partial charge in [0.05, 0.1) is 9.21 Å². The van der Waals surface area contributed by atoms with E-state index in [4.69, 9.17) is 11.6 Å². The van der Waals surface area contributed by atoms with Crippen molar-refractivity contribution in [2.45, 2.75) is 31.3 Å². The van der Waals surface area contributed by atoms with Gasteiger partial charge >= 0.3 is 0 Å². The van der Waals surface area contributed by atoms with Gasteiger partial charge in [-0.3, -0.25) is 14.4 Å². The van der Waals surface area contributed by atoms with Gasteiger partial charge in [0.15, 0.2) is 0 Å². The highest BCUT2D eigenvalue weighted by Gasteiger charge is 2.41. The fraction of sp³-hybridized carbons (Fsp3) is 0.458. The second-order valence-corrected chi connectivity index (χ2v) is 10.7. The number of thiophene rings is 1. The third-order valence-electron chi connectivity index (χ3n) is 6.40. The van der Waals surface area contributed by atoms with Crippen molar-refractivity contribution < 1.29 is 14.4 Å². The summed E-state index contributed by atoms with van der Waals surface area (Å²) in [6, 6.07) is 8.31. The van der Waals surface area contributed by atoms with Gasteiger partial charge in [-0.15, -0.1) is 11.3 Å². The van der Waals surface area contributed by atoms with Gasteiger partial charge in [-0.05, 0) is 61.7 Å². The summed E-state index contributed by atoms with van der Waals surface area (Å²) in [7, 11) is 5.48. The van der Waals surface area contributed by atoms with Crippen LogP contribution in [0.25, 0.3) is 0 Å². The zero-order chi connectivity index (χ0) is 23.7. The van der Waals surface area contributed by atoms with Crippen LogP contribution in [-0.2, 0) is 17.6 Å². The van der Waals surface area contributed by atoms with Crippen LogP contribution in [0.5, 0.6) is 0 Å². The molecule has 7 nitrogen and oxygen atoms in total. The fourth-order valence-electron chi connectivity index (χ4n) is 4.53. The largest absolute Gasteiger partial charge is 0.347 e. The maximum absolute atomic E-state index is 13.5. The molecule has 1 fully saturated rings. The second-order valence-electron chi connectivity index (χ2n) is 9.00. The Hall–Kier alpha value is -2.42. The lowest BCUT2D eigenvalue weighted by molar-refractivity contribution is -0.132. The molecule has 0 spiro atoms. The van der Waals surface area contributed by atoms with E-state index >= 15 is 0 Å². The second kappa shape index (κ2) is 9.83. The Morgan fingerprint density at radius 3 is 2.48 bits per heavy atom. The van der Waals surface area contributed by atoms with E-state index in [1.807, 2.05) is 18.2 Å². The van der Waals surface area contributed by atoms with Crippen LogP contribution in [0.15, 0.2) is 30.3 Å². The van der Waals surface area contributed by atoms with Crippen molar-refractivity contribution in [3.63, 3.8) is 0 Å². The number of hydrogen-bond acceptors (Lipinski definition) is 5. The molecule has 4 rings (SSSR count). The minimum atomic E-state index is -0.616. The number of likely N-dealkylation sites (tertiary alicyclic amines) is 1. The topological polar surface area (TPSA) is 73.0 Å². The minimum absolute atomic E-state index is 0.143. The van der Waals surface area contributed by atoms with E-state index in [1.165, 1.54) is 27.4 Å². The molecule has 33 heavy (non-hydrogen) atoms. The summed E-state index contributed by atoms with van der Waals surface area (Å²) >= 11 is 7.16. The first-order valence-corrected chi connectivity index (χ1v) is 12.3. The molecule has 3 amide bonds. The Bertz CT molecular complexity index is 1070. The van der Waals surface area contributed by atoms with Crippen LogP contribution in [0, 0.1) is 0 Å². The fourth-order valence-corrected chi connectivity index (χ4v) is 5.47. The van der Waals surface area contributed by atoms with Crippen molar-refractivity contribution in [3.05, 3.63) is 56.2 Å². The van der Waals surface area contributed by atoms with Gasteiger partial charge in [0.25, 0.3) is 11.8 Å². The SMILES string of the molecule is CN1CCc2ccc(C(=O)N3C[C@H](NC(=O)c4ccc(Cl)s4)CC3C(=O)N(C)C)cc2CC1. The highest BCUT2D eigenvalue weighted by molar-refractivity contribution is 7.18. The predicted octanol–water partition coefficient (Wildman–Crippen LogP) is 2.53. The molecule has 1 saturated heterocycles. The Labute approximate surface area is 203 Å². The lowest BCUT2D eigenvalue weighted by Crippen LogP contribution is -2.45. The summed E-state index contributed by atoms with van der Waals surface area (Å²) in [5.41, 5.74) is 3.06. The van der Waals surface area contributed by atoms with Gasteiger partial charge in [0.2, 0.25) is 5.91 Å². The third kappa shape index (κ3) is 5.23. The molecule has 0 saturated carbocycles. The van der Waals surface area contributed by atoms with Crippen LogP contribution in [0.4, 0.5) is 0 Å². The predicted molar refractivity (Wildman–Crippen MR) is 130 cm³/mol. The molecule has 9 heteroatoms. The molecule has 1 unspecified atom stereocenters. The number of hydrogen-bond donors (Lipinski definition) is 1. The number of carbonyl (C=O) groups excluding carboxylic acids is 3. The Kier molecular flexibility index (Phi) is 7.07. The monoisotopic (exact) mass is 488 g/mol. The van der Waals surface area contributed by atoms with E-state index in [1.54, 1.807) is 31.1 Å². The van der Waals surface area contributed by atoms with Crippen molar-refractivity contribution >= 4 is 40.7 Å². The summed E-state index contributed by atoms with van der Waals surface area (Å²) in [6.07, 6.45) is 2.24. The standard InChI is InChI=1S/C24H29ClN4O3S/c1-27(2)24(32)19-13-18(26-22(30)20-6-7-21(25)33-20)14-29(19)23(31)17-5-4-15-8-10-28(3)11-9-16(15)12-17/h4-7,12,18-19H,8-11,13-14H2,1-3H3,(H,26,30)/t18-,19?/m1/s1. The average Bonchev–Trinajstić information content (AvgIpc) is 3.36. The van der Waals surface area contributed by atoms with Crippen molar-refractivity contribution in [1.29, 1.82) is 0 Å². The molecule has 2 aromatic rings. The van der Waals surface area contributed by atoms with Gasteiger partial charge in [0.1, 0.15) is 6.04 Å². The van der Waals surface area contributed by atoms with Gasteiger partial charge in [-0.1, -0.05) is 17.7 Å². The maximum atomic E-state index is 13.5. The zero-order valence-corrected chi connectivity index (χ0v) is 20.7. The normalized spacial score (nSPS) is 20.8. The number of nitrogens with one attached hydrogen (secondary N) is 1. The number of fused-ring (bicyclic) bond motifs is 1. The van der Waals surface area contributed by atoms with Crippen LogP contribution in [0.1, 0.15) is 37.6 Å². The summed E-state index contributed by atoms with van der Waals surface area (Å²) in [4.78, 5) is 45.0. The first-order valence-electron chi connectivity index (χ1n) is 11.1. The molecular weight excluding hydrogens is 460 g/mol. The molecule has 0 bridgehead atoms. The average molecular weight is 489 g/mol. The number of likely N-dealkylation sites (N-methyl/N-ethyl adjacent to an activating group) is 2. The van der Waals surface area contributed by atoms with Gasteiger partial charge < -0.3 is 20.0 Å². The van der Waals surface area contributed by atoms with Gasteiger partial charge in [0, 0.05) is 45.3 Å². The van der Waals surface area contributed by atoms with E-state index in [2.05, 4.69) is 17.3 Å². The third-order valence-corrected chi connectivity index (χ3v) is 7.63. The number of nitrogens with zero attached hydrogens (tertiary/aromatic N) is 3. The van der Waals surface area contributed by atoms with Gasteiger partial charge in [-0.2, -0.15) is 0 Å². The molecule has 176 valence electrons. The quantitative estimate of drug-likeness (QED) is 0.717. The molecule has 3 heterocycles. The zero-order valence-electron chi connectivity index (χ0n) is 19.1. The van der Waals surface area contributed by atoms with E-state index in [-0.39, 0.29) is 30.3 Å². The van der Waals surface area contributed by atoms with Gasteiger partial charge in [-0.25, -0.2) is 0 Å². The first-order chi connectivity index (χ1) is 15.7. The van der Waals surface area contributed by atoms with E-state index in [0.717, 1.165) is 25.9 Å². The first kappa shape index (κ1) is 23.7. The lowest BCUT2D eigenvalue weighted by Gasteiger charge is -2.26. The Morgan fingerprint density at radius 1 is 1.09 bits per heavy atom. The van der Waals surface area contributed by atoms with Crippen LogP contribution >= 0.6 is 22.9 Å². The summed E-state index contributed by atoms with van der Waals surface area (Å²) in [5.74, 6) is -0.557. The molecule has 2 aliphatic rings. The molecule has 0 radical (unpaired) electrons. The molecule has 1 aromatic carbocycles. The van der Waals surface area contributed by atoms with Crippen LogP contribution in [-0.4, -0.2) is 85.3 Å². The molecule has 1 N–H and O–H groups in total. The molecule has 0 aliphatic carbocycles. The summed E-state index contributed by atoms with van der Waals surface area (Å²) < 4.78 is 0.540. The molecular formula is C24H29ClN4O3S. The Morgan fingerprint density at radius 2 is 1.82 bits per heavy atom. The summed E-state index contributed by atoms with van der Waals surface area (Å²) in [6.45, 7) is 2.24. The van der Waals surface area contributed by atoms with E-state index in [9.17, 15) is 14.4 Å². The van der Waals surface area contributed by atoms with Crippen molar-refractivity contribution in [2.24, 2.45) is 0 Å².